The third-order valence-electron chi connectivity index (χ3n) is 1.94. The lowest BCUT2D eigenvalue weighted by Gasteiger charge is -2.09. The van der Waals surface area contributed by atoms with Gasteiger partial charge in [-0.05, 0) is 6.07 Å². The van der Waals surface area contributed by atoms with E-state index in [1.165, 1.54) is 0 Å². The van der Waals surface area contributed by atoms with Gasteiger partial charge in [0, 0.05) is 10.6 Å². The zero-order chi connectivity index (χ0) is 9.26. The van der Waals surface area contributed by atoms with Crippen molar-refractivity contribution in [2.75, 3.05) is 0 Å². The number of benzene rings is 1. The van der Waals surface area contributed by atoms with E-state index in [1.54, 1.807) is 0 Å². The molecule has 0 aliphatic carbocycles. The zero-order valence-corrected chi connectivity index (χ0v) is 7.66. The minimum Gasteiger partial charge on any atom is -0.386 e. The summed E-state index contributed by atoms with van der Waals surface area (Å²) in [6, 6.07) is 7.54. The van der Waals surface area contributed by atoms with Crippen molar-refractivity contribution >= 4 is 17.4 Å². The molecular weight excluding hydrogens is 188 g/mol. The first-order chi connectivity index (χ1) is 6.27. The Hall–Kier alpha value is -1.22. The molecule has 2 N–H and O–H groups in total. The van der Waals surface area contributed by atoms with Gasteiger partial charge in [0.15, 0.2) is 6.10 Å². The van der Waals surface area contributed by atoms with Crippen molar-refractivity contribution in [3.63, 3.8) is 0 Å². The zero-order valence-electron chi connectivity index (χ0n) is 6.90. The van der Waals surface area contributed by atoms with Gasteiger partial charge in [0.25, 0.3) is 0 Å². The van der Waals surface area contributed by atoms with Crippen LogP contribution in [-0.2, 0) is 4.84 Å². The standard InChI is InChI=1S/C9H9ClN2O/c10-7-4-2-1-3-6(7)8-5-9(11)12-13-8/h1-4,8H,5H2,(H2,11,12). The number of halogens is 1. The molecule has 13 heavy (non-hydrogen) atoms. The second kappa shape index (κ2) is 3.26. The third kappa shape index (κ3) is 1.60. The lowest BCUT2D eigenvalue weighted by Crippen LogP contribution is -2.09. The molecule has 0 amide bonds. The van der Waals surface area contributed by atoms with Crippen LogP contribution in [-0.4, -0.2) is 5.84 Å². The van der Waals surface area contributed by atoms with E-state index >= 15 is 0 Å². The number of rotatable bonds is 1. The van der Waals surface area contributed by atoms with E-state index in [4.69, 9.17) is 22.2 Å². The van der Waals surface area contributed by atoms with Crippen molar-refractivity contribution in [2.45, 2.75) is 12.5 Å². The smallest absolute Gasteiger partial charge is 0.161 e. The van der Waals surface area contributed by atoms with E-state index in [2.05, 4.69) is 5.16 Å². The molecule has 1 aliphatic heterocycles. The second-order valence-corrected chi connectivity index (χ2v) is 3.31. The Morgan fingerprint density at radius 1 is 1.46 bits per heavy atom. The summed E-state index contributed by atoms with van der Waals surface area (Å²) in [5.74, 6) is 0.518. The quantitative estimate of drug-likeness (QED) is 0.748. The predicted octanol–water partition coefficient (Wildman–Crippen LogP) is 2.07. The SMILES string of the molecule is NC1=NOC(c2ccccc2Cl)C1. The maximum atomic E-state index is 5.98. The summed E-state index contributed by atoms with van der Waals surface area (Å²) in [5, 5.41) is 4.36. The molecule has 0 spiro atoms. The van der Waals surface area contributed by atoms with E-state index in [9.17, 15) is 0 Å². The van der Waals surface area contributed by atoms with E-state index in [1.807, 2.05) is 24.3 Å². The Labute approximate surface area is 81.1 Å². The molecule has 1 aromatic rings. The predicted molar refractivity (Wildman–Crippen MR) is 51.5 cm³/mol. The van der Waals surface area contributed by atoms with Crippen LogP contribution in [0.2, 0.25) is 5.02 Å². The highest BCUT2D eigenvalue weighted by Crippen LogP contribution is 2.30. The highest BCUT2D eigenvalue weighted by atomic mass is 35.5. The van der Waals surface area contributed by atoms with Crippen LogP contribution in [0.3, 0.4) is 0 Å². The number of oxime groups is 1. The van der Waals surface area contributed by atoms with Gasteiger partial charge in [-0.2, -0.15) is 0 Å². The van der Waals surface area contributed by atoms with Crippen molar-refractivity contribution in [3.05, 3.63) is 34.9 Å². The first-order valence-electron chi connectivity index (χ1n) is 4.00. The lowest BCUT2D eigenvalue weighted by atomic mass is 10.1. The van der Waals surface area contributed by atoms with Crippen molar-refractivity contribution in [1.29, 1.82) is 0 Å². The monoisotopic (exact) mass is 196 g/mol. The first-order valence-corrected chi connectivity index (χ1v) is 4.38. The summed E-state index contributed by atoms with van der Waals surface area (Å²) in [4.78, 5) is 5.11. The maximum Gasteiger partial charge on any atom is 0.161 e. The van der Waals surface area contributed by atoms with Crippen LogP contribution in [0.4, 0.5) is 0 Å². The van der Waals surface area contributed by atoms with Crippen LogP contribution in [0.1, 0.15) is 18.1 Å². The summed E-state index contributed by atoms with van der Waals surface area (Å²) in [6.45, 7) is 0. The van der Waals surface area contributed by atoms with Crippen LogP contribution < -0.4 is 5.73 Å². The topological polar surface area (TPSA) is 47.6 Å². The average Bonchev–Trinajstić information content (AvgIpc) is 2.53. The summed E-state index contributed by atoms with van der Waals surface area (Å²) in [5.41, 5.74) is 6.43. The van der Waals surface area contributed by atoms with Crippen molar-refractivity contribution in [2.24, 2.45) is 10.9 Å². The molecule has 2 rings (SSSR count). The van der Waals surface area contributed by atoms with Gasteiger partial charge >= 0.3 is 0 Å². The van der Waals surface area contributed by atoms with E-state index in [0.29, 0.717) is 17.3 Å². The van der Waals surface area contributed by atoms with Gasteiger partial charge in [0.1, 0.15) is 5.84 Å². The summed E-state index contributed by atoms with van der Waals surface area (Å²) >= 11 is 5.98. The lowest BCUT2D eigenvalue weighted by molar-refractivity contribution is 0.0858. The van der Waals surface area contributed by atoms with E-state index < -0.39 is 0 Å². The fourth-order valence-corrected chi connectivity index (χ4v) is 1.56. The minimum absolute atomic E-state index is 0.117. The molecule has 68 valence electrons. The molecule has 0 saturated carbocycles. The van der Waals surface area contributed by atoms with Gasteiger partial charge in [0.2, 0.25) is 0 Å². The van der Waals surface area contributed by atoms with E-state index in [-0.39, 0.29) is 6.10 Å². The van der Waals surface area contributed by atoms with Crippen LogP contribution >= 0.6 is 11.6 Å². The van der Waals surface area contributed by atoms with Gasteiger partial charge in [-0.3, -0.25) is 0 Å². The fourth-order valence-electron chi connectivity index (χ4n) is 1.30. The van der Waals surface area contributed by atoms with Crippen molar-refractivity contribution in [1.82, 2.24) is 0 Å². The number of hydrogen-bond donors (Lipinski definition) is 1. The third-order valence-corrected chi connectivity index (χ3v) is 2.29. The molecule has 1 atom stereocenters. The molecule has 0 bridgehead atoms. The normalized spacial score (nSPS) is 21.0. The molecule has 0 radical (unpaired) electrons. The molecule has 1 aliphatic rings. The number of amidine groups is 1. The Kier molecular flexibility index (Phi) is 2.10. The van der Waals surface area contributed by atoms with E-state index in [0.717, 1.165) is 5.56 Å². The van der Waals surface area contributed by atoms with Gasteiger partial charge in [-0.15, -0.1) is 0 Å². The summed E-state index contributed by atoms with van der Waals surface area (Å²) in [6.07, 6.45) is 0.498. The highest BCUT2D eigenvalue weighted by Gasteiger charge is 2.22. The van der Waals surface area contributed by atoms with Gasteiger partial charge in [0.05, 0.1) is 6.42 Å². The molecule has 1 heterocycles. The molecule has 0 aromatic heterocycles. The minimum atomic E-state index is -0.117. The number of hydrogen-bond acceptors (Lipinski definition) is 3. The number of nitrogens with zero attached hydrogens (tertiary/aromatic N) is 1. The molecular formula is C9H9ClN2O. The summed E-state index contributed by atoms with van der Waals surface area (Å²) < 4.78 is 0. The maximum absolute atomic E-state index is 5.98. The number of nitrogens with two attached hydrogens (primary N) is 1. The first kappa shape index (κ1) is 8.38. The molecule has 3 nitrogen and oxygen atoms in total. The van der Waals surface area contributed by atoms with Crippen LogP contribution in [0.25, 0.3) is 0 Å². The van der Waals surface area contributed by atoms with Crippen molar-refractivity contribution < 1.29 is 4.84 Å². The fraction of sp³-hybridized carbons (Fsp3) is 0.222. The van der Waals surface area contributed by atoms with Crippen molar-refractivity contribution in [3.8, 4) is 0 Å². The highest BCUT2D eigenvalue weighted by molar-refractivity contribution is 6.31. The molecule has 1 aromatic carbocycles. The van der Waals surface area contributed by atoms with Gasteiger partial charge in [-0.1, -0.05) is 35.0 Å². The Balaban J connectivity index is 2.23. The van der Waals surface area contributed by atoms with Gasteiger partial charge in [-0.25, -0.2) is 0 Å². The summed E-state index contributed by atoms with van der Waals surface area (Å²) in [7, 11) is 0. The Bertz CT molecular complexity index is 351. The largest absolute Gasteiger partial charge is 0.386 e. The Morgan fingerprint density at radius 3 is 2.85 bits per heavy atom. The second-order valence-electron chi connectivity index (χ2n) is 2.90. The van der Waals surface area contributed by atoms with Crippen LogP contribution in [0.15, 0.2) is 29.4 Å². The molecule has 4 heteroatoms. The molecule has 0 fully saturated rings. The molecule has 0 saturated heterocycles. The Morgan fingerprint density at radius 2 is 2.23 bits per heavy atom. The average molecular weight is 197 g/mol. The van der Waals surface area contributed by atoms with Crippen LogP contribution in [0.5, 0.6) is 0 Å². The van der Waals surface area contributed by atoms with Gasteiger partial charge < -0.3 is 10.6 Å². The van der Waals surface area contributed by atoms with Crippen LogP contribution in [0, 0.1) is 0 Å². The molecule has 1 unspecified atom stereocenters.